The Labute approximate surface area is 110 Å². The van der Waals surface area contributed by atoms with Crippen molar-refractivity contribution in [3.8, 4) is 0 Å². The van der Waals surface area contributed by atoms with Crippen LogP contribution in [0.1, 0.15) is 13.8 Å². The highest BCUT2D eigenvalue weighted by atomic mass is 127. The molecule has 0 aromatic carbocycles. The lowest BCUT2D eigenvalue weighted by Gasteiger charge is -2.19. The Morgan fingerprint density at radius 1 is 1.00 bits per heavy atom. The quantitative estimate of drug-likeness (QED) is 0.382. The van der Waals surface area contributed by atoms with Gasteiger partial charge in [-0.15, -0.1) is 0 Å². The van der Waals surface area contributed by atoms with E-state index in [9.17, 15) is 9.59 Å². The first-order chi connectivity index (χ1) is 6.51. The molecule has 2 atom stereocenters. The fraction of sp³-hybridized carbons (Fsp3) is 0.750. The van der Waals surface area contributed by atoms with Gasteiger partial charge in [0.2, 0.25) is 0 Å². The summed E-state index contributed by atoms with van der Waals surface area (Å²) in [6.45, 7) is 3.41. The van der Waals surface area contributed by atoms with Gasteiger partial charge in [0.1, 0.15) is 12.2 Å². The molecule has 0 N–H and O–H groups in total. The summed E-state index contributed by atoms with van der Waals surface area (Å²) in [5.74, 6) is -0.592. The number of rotatable bonds is 5. The molecule has 0 aliphatic rings. The Balaban J connectivity index is 3.92. The van der Waals surface area contributed by atoms with E-state index >= 15 is 0 Å². The second kappa shape index (κ2) is 7.66. The molecule has 0 rings (SSSR count). The van der Waals surface area contributed by atoms with E-state index in [4.69, 9.17) is 9.47 Å². The summed E-state index contributed by atoms with van der Waals surface area (Å²) in [6, 6.07) is 0. The summed E-state index contributed by atoms with van der Waals surface area (Å²) < 4.78 is 10.6. The molecule has 0 spiro atoms. The summed E-state index contributed by atoms with van der Waals surface area (Å²) in [7, 11) is 0. The minimum atomic E-state index is -0.399. The first-order valence-corrected chi connectivity index (χ1v) is 7.07. The molecule has 0 aliphatic heterocycles. The number of esters is 2. The normalized spacial score (nSPS) is 14.3. The summed E-state index contributed by atoms with van der Waals surface area (Å²) in [4.78, 5) is 21.8. The summed E-state index contributed by atoms with van der Waals surface area (Å²) in [5.41, 5.74) is 0. The molecule has 6 heteroatoms. The Kier molecular flexibility index (Phi) is 7.88. The maximum Gasteiger partial charge on any atom is 0.316 e. The number of halogens is 2. The van der Waals surface area contributed by atoms with Gasteiger partial charge in [-0.2, -0.15) is 0 Å². The zero-order valence-electron chi connectivity index (χ0n) is 7.96. The fourth-order valence-corrected chi connectivity index (χ4v) is 1.03. The van der Waals surface area contributed by atoms with Gasteiger partial charge in [0, 0.05) is 0 Å². The van der Waals surface area contributed by atoms with Crippen molar-refractivity contribution in [3.05, 3.63) is 0 Å². The van der Waals surface area contributed by atoms with Gasteiger partial charge < -0.3 is 9.47 Å². The number of ether oxygens (including phenoxy) is 2. The molecule has 0 amide bonds. The number of carbonyl (C=O) groups is 2. The van der Waals surface area contributed by atoms with Crippen LogP contribution in [0.3, 0.4) is 0 Å². The third kappa shape index (κ3) is 5.99. The minimum Gasteiger partial charge on any atom is -0.458 e. The molecule has 0 bridgehead atoms. The highest BCUT2D eigenvalue weighted by molar-refractivity contribution is 14.1. The van der Waals surface area contributed by atoms with Gasteiger partial charge in [-0.1, -0.05) is 45.2 Å². The summed E-state index contributed by atoms with van der Waals surface area (Å²) in [6.07, 6.45) is -0.798. The average molecular weight is 426 g/mol. The third-order valence-electron chi connectivity index (χ3n) is 1.51. The average Bonchev–Trinajstić information content (AvgIpc) is 2.17. The molecule has 0 aliphatic carbocycles. The van der Waals surface area contributed by atoms with E-state index in [1.807, 2.05) is 45.2 Å². The molecule has 0 aromatic heterocycles. The van der Waals surface area contributed by atoms with Gasteiger partial charge >= 0.3 is 11.9 Å². The number of carbonyl (C=O) groups excluding carboxylic acids is 2. The maximum atomic E-state index is 10.9. The topological polar surface area (TPSA) is 52.6 Å². The summed E-state index contributed by atoms with van der Waals surface area (Å²) >= 11 is 3.84. The summed E-state index contributed by atoms with van der Waals surface area (Å²) in [5, 5.41) is 0. The number of hydrogen-bond donors (Lipinski definition) is 0. The molecule has 0 saturated carbocycles. The van der Waals surface area contributed by atoms with E-state index in [0.717, 1.165) is 0 Å². The Morgan fingerprint density at radius 3 is 1.50 bits per heavy atom. The largest absolute Gasteiger partial charge is 0.458 e. The van der Waals surface area contributed by atoms with Crippen molar-refractivity contribution >= 4 is 57.1 Å². The van der Waals surface area contributed by atoms with Crippen LogP contribution in [0.15, 0.2) is 0 Å². The van der Waals surface area contributed by atoms with Crippen LogP contribution in [0, 0.1) is 0 Å². The van der Waals surface area contributed by atoms with Crippen LogP contribution < -0.4 is 0 Å². The Morgan fingerprint density at radius 2 is 1.29 bits per heavy atom. The lowest BCUT2D eigenvalue weighted by molar-refractivity contribution is -0.161. The van der Waals surface area contributed by atoms with E-state index in [2.05, 4.69) is 0 Å². The van der Waals surface area contributed by atoms with Crippen LogP contribution in [0.2, 0.25) is 0 Å². The van der Waals surface area contributed by atoms with Gasteiger partial charge in [-0.3, -0.25) is 9.59 Å². The number of hydrogen-bond acceptors (Lipinski definition) is 4. The Hall–Kier alpha value is 0.400. The van der Waals surface area contributed by atoms with E-state index in [1.54, 1.807) is 13.8 Å². The van der Waals surface area contributed by atoms with Gasteiger partial charge in [-0.25, -0.2) is 0 Å². The van der Waals surface area contributed by atoms with Crippen LogP contribution in [0.4, 0.5) is 0 Å². The highest BCUT2D eigenvalue weighted by Crippen LogP contribution is 2.05. The van der Waals surface area contributed by atoms with Gasteiger partial charge in [-0.05, 0) is 13.8 Å². The fourth-order valence-electron chi connectivity index (χ4n) is 0.669. The third-order valence-corrected chi connectivity index (χ3v) is 2.76. The van der Waals surface area contributed by atoms with Crippen LogP contribution >= 0.6 is 45.2 Å². The molecule has 0 fully saturated rings. The van der Waals surface area contributed by atoms with E-state index in [-0.39, 0.29) is 11.9 Å². The van der Waals surface area contributed by atoms with Gasteiger partial charge in [0.15, 0.2) is 0 Å². The standard InChI is InChI=1S/C8H12I2O4/c1-5(13-7(11)3-9)6(2)14-8(12)4-10/h5-6H,3-4H2,1-2H3/t5-,6-/m0/s1. The molecule has 0 saturated heterocycles. The molecule has 4 nitrogen and oxygen atoms in total. The highest BCUT2D eigenvalue weighted by Gasteiger charge is 2.19. The van der Waals surface area contributed by atoms with Crippen LogP contribution in [-0.4, -0.2) is 33.0 Å². The molecule has 14 heavy (non-hydrogen) atoms. The van der Waals surface area contributed by atoms with Crippen LogP contribution in [0.5, 0.6) is 0 Å². The van der Waals surface area contributed by atoms with E-state index in [0.29, 0.717) is 8.86 Å². The smallest absolute Gasteiger partial charge is 0.316 e. The molecular formula is C8H12I2O4. The zero-order valence-corrected chi connectivity index (χ0v) is 12.3. The SMILES string of the molecule is C[C@H](OC(=O)CI)[C@H](C)OC(=O)CI. The van der Waals surface area contributed by atoms with Crippen molar-refractivity contribution in [2.75, 3.05) is 8.86 Å². The number of alkyl halides is 2. The van der Waals surface area contributed by atoms with E-state index < -0.39 is 12.2 Å². The van der Waals surface area contributed by atoms with Gasteiger partial charge in [0.05, 0.1) is 8.86 Å². The van der Waals surface area contributed by atoms with Crippen molar-refractivity contribution in [3.63, 3.8) is 0 Å². The lowest BCUT2D eigenvalue weighted by atomic mass is 10.2. The second-order valence-electron chi connectivity index (χ2n) is 2.66. The molecular weight excluding hydrogens is 414 g/mol. The van der Waals surface area contributed by atoms with Crippen LogP contribution in [-0.2, 0) is 19.1 Å². The maximum absolute atomic E-state index is 10.9. The molecule has 0 aromatic rings. The Bertz CT molecular complexity index is 186. The van der Waals surface area contributed by atoms with Crippen molar-refractivity contribution in [1.82, 2.24) is 0 Å². The predicted octanol–water partition coefficient (Wildman–Crippen LogP) is 1.72. The first-order valence-electron chi connectivity index (χ1n) is 4.02. The van der Waals surface area contributed by atoms with Crippen molar-refractivity contribution in [1.29, 1.82) is 0 Å². The van der Waals surface area contributed by atoms with E-state index in [1.165, 1.54) is 0 Å². The predicted molar refractivity (Wildman–Crippen MR) is 68.9 cm³/mol. The monoisotopic (exact) mass is 426 g/mol. The van der Waals surface area contributed by atoms with Crippen molar-refractivity contribution in [2.24, 2.45) is 0 Å². The first kappa shape index (κ1) is 14.4. The van der Waals surface area contributed by atoms with Crippen molar-refractivity contribution in [2.45, 2.75) is 26.1 Å². The second-order valence-corrected chi connectivity index (χ2v) is 4.18. The zero-order chi connectivity index (χ0) is 11.1. The molecule has 82 valence electrons. The van der Waals surface area contributed by atoms with Crippen LogP contribution in [0.25, 0.3) is 0 Å². The van der Waals surface area contributed by atoms with Gasteiger partial charge in [0.25, 0.3) is 0 Å². The molecule has 0 unspecified atom stereocenters. The van der Waals surface area contributed by atoms with Crippen molar-refractivity contribution < 1.29 is 19.1 Å². The molecule has 0 heterocycles. The minimum absolute atomic E-state index is 0.296. The molecule has 0 radical (unpaired) electrons. The lowest BCUT2D eigenvalue weighted by Crippen LogP contribution is -2.31.